The summed E-state index contributed by atoms with van der Waals surface area (Å²) in [7, 11) is 0. The fourth-order valence-corrected chi connectivity index (χ4v) is 1.32. The first-order valence-electron chi connectivity index (χ1n) is 3.19. The van der Waals surface area contributed by atoms with E-state index in [9.17, 15) is 0 Å². The van der Waals surface area contributed by atoms with Crippen molar-refractivity contribution in [3.05, 3.63) is 0 Å². The number of unbranched alkanes of at least 4 members (excludes halogenated alkanes) is 2. The molecule has 0 spiro atoms. The zero-order valence-electron chi connectivity index (χ0n) is 6.43. The van der Waals surface area contributed by atoms with Gasteiger partial charge >= 0.3 is 27.3 Å². The van der Waals surface area contributed by atoms with Crippen LogP contribution in [0, 0.1) is 0 Å². The van der Waals surface area contributed by atoms with E-state index in [0.717, 1.165) is 5.75 Å². The molecule has 2 N–H and O–H groups in total. The molecule has 0 heterocycles. The van der Waals surface area contributed by atoms with Gasteiger partial charge in [-0.05, 0) is 6.42 Å². The molecule has 0 aliphatic heterocycles. The van der Waals surface area contributed by atoms with Gasteiger partial charge in [-0.2, -0.15) is 0 Å². The fourth-order valence-electron chi connectivity index (χ4n) is 0.525. The van der Waals surface area contributed by atoms with Gasteiger partial charge in [0.05, 0.1) is 0 Å². The van der Waals surface area contributed by atoms with Gasteiger partial charge in [-0.3, -0.25) is 0 Å². The molecule has 1 nitrogen and oxygen atoms in total. The van der Waals surface area contributed by atoms with E-state index in [1.165, 1.54) is 19.3 Å². The molecule has 0 saturated carbocycles. The van der Waals surface area contributed by atoms with Crippen LogP contribution in [0.2, 0.25) is 0 Å². The van der Waals surface area contributed by atoms with Crippen LogP contribution in [0.4, 0.5) is 0 Å². The summed E-state index contributed by atoms with van der Waals surface area (Å²) in [6, 6.07) is 0. The molecule has 4 heteroatoms. The summed E-state index contributed by atoms with van der Waals surface area (Å²) in [5, 5.41) is 0. The first-order valence-corrected chi connectivity index (χ1v) is 4.59. The van der Waals surface area contributed by atoms with E-state index in [1.54, 1.807) is 11.8 Å². The molecule has 0 rings (SSSR count). The molecule has 0 aliphatic carbocycles. The third kappa shape index (κ3) is 11.9. The number of thiocarbonyl (C=S) groups is 1. The Morgan fingerprint density at radius 2 is 2.10 bits per heavy atom. The van der Waals surface area contributed by atoms with Crippen LogP contribution in [0.15, 0.2) is 0 Å². The first kappa shape index (κ1) is 13.7. The molecular weight excluding hydrogens is 357 g/mol. The van der Waals surface area contributed by atoms with Gasteiger partial charge in [0.2, 0.25) is 0 Å². The minimum atomic E-state index is 0. The van der Waals surface area contributed by atoms with Crippen molar-refractivity contribution in [2.75, 3.05) is 5.75 Å². The normalized spacial score (nSPS) is 8.50. The van der Waals surface area contributed by atoms with Crippen LogP contribution in [0.3, 0.4) is 0 Å². The summed E-state index contributed by atoms with van der Waals surface area (Å²) in [5.74, 6) is 1.09. The average molecular weight is 373 g/mol. The van der Waals surface area contributed by atoms with Gasteiger partial charge in [-0.1, -0.05) is 43.7 Å². The van der Waals surface area contributed by atoms with Crippen molar-refractivity contribution in [1.82, 2.24) is 0 Å². The molecule has 2 radical (unpaired) electrons. The van der Waals surface area contributed by atoms with E-state index in [0.29, 0.717) is 4.32 Å². The van der Waals surface area contributed by atoms with Crippen molar-refractivity contribution in [2.45, 2.75) is 26.2 Å². The zero-order chi connectivity index (χ0) is 7.11. The van der Waals surface area contributed by atoms with Crippen LogP contribution in [-0.4, -0.2) is 37.4 Å². The summed E-state index contributed by atoms with van der Waals surface area (Å²) in [6.07, 6.45) is 3.78. The van der Waals surface area contributed by atoms with Crippen molar-refractivity contribution < 1.29 is 0 Å². The van der Waals surface area contributed by atoms with E-state index in [2.05, 4.69) is 19.1 Å². The fraction of sp³-hybridized carbons (Fsp3) is 0.833. The quantitative estimate of drug-likeness (QED) is 0.457. The van der Waals surface area contributed by atoms with Gasteiger partial charge in [0.15, 0.2) is 0 Å². The van der Waals surface area contributed by atoms with Crippen LogP contribution in [-0.2, 0) is 0 Å². The van der Waals surface area contributed by atoms with Crippen LogP contribution >= 0.6 is 24.0 Å². The van der Waals surface area contributed by atoms with Crippen LogP contribution in [0.1, 0.15) is 26.2 Å². The Labute approximate surface area is 92.7 Å². The standard InChI is InChI=1S/C6H13NS2.Pb.2H/c1-2-3-4-5-9-6(7)8;;;/h2-5H2,1H3,(H2,7,8);;;. The maximum atomic E-state index is 5.27. The van der Waals surface area contributed by atoms with E-state index in [-0.39, 0.29) is 27.3 Å². The number of hydrogen-bond acceptors (Lipinski definition) is 2. The Morgan fingerprint density at radius 3 is 2.50 bits per heavy atom. The van der Waals surface area contributed by atoms with E-state index < -0.39 is 0 Å². The molecular formula is C6H15NPbS2. The molecule has 0 fully saturated rings. The molecule has 0 aromatic carbocycles. The molecule has 0 atom stereocenters. The molecule has 0 amide bonds. The molecule has 60 valence electrons. The Morgan fingerprint density at radius 1 is 1.50 bits per heavy atom. The average Bonchev–Trinajstić information content (AvgIpc) is 1.80. The molecule has 0 bridgehead atoms. The molecule has 10 heavy (non-hydrogen) atoms. The zero-order valence-corrected chi connectivity index (χ0v) is 13.6. The number of thioether (sulfide) groups is 1. The second-order valence-corrected chi connectivity index (χ2v) is 3.71. The van der Waals surface area contributed by atoms with Crippen LogP contribution < -0.4 is 5.73 Å². The molecule has 0 aromatic heterocycles. The third-order valence-corrected chi connectivity index (χ3v) is 2.12. The molecule has 0 aliphatic rings. The van der Waals surface area contributed by atoms with Crippen molar-refractivity contribution in [2.24, 2.45) is 5.73 Å². The van der Waals surface area contributed by atoms with Gasteiger partial charge in [0.25, 0.3) is 0 Å². The second kappa shape index (κ2) is 10.2. The monoisotopic (exact) mass is 373 g/mol. The van der Waals surface area contributed by atoms with Gasteiger partial charge in [0, 0.05) is 5.75 Å². The Balaban J connectivity index is 0. The Hall–Kier alpha value is 1.16. The molecule has 0 unspecified atom stereocenters. The predicted molar refractivity (Wildman–Crippen MR) is 57.3 cm³/mol. The first-order chi connectivity index (χ1) is 4.27. The summed E-state index contributed by atoms with van der Waals surface area (Å²) in [6.45, 7) is 2.19. The Kier molecular flexibility index (Phi) is 14.0. The van der Waals surface area contributed by atoms with E-state index >= 15 is 0 Å². The van der Waals surface area contributed by atoms with Gasteiger partial charge < -0.3 is 5.73 Å². The predicted octanol–water partition coefficient (Wildman–Crippen LogP) is 1.24. The van der Waals surface area contributed by atoms with E-state index in [4.69, 9.17) is 5.73 Å². The number of hydrogen-bond donors (Lipinski definition) is 1. The topological polar surface area (TPSA) is 26.0 Å². The SMILES string of the molecule is CCCCCSC(N)=S.[PbH2]. The molecule has 0 saturated heterocycles. The van der Waals surface area contributed by atoms with Crippen LogP contribution in [0.25, 0.3) is 0 Å². The number of rotatable bonds is 4. The van der Waals surface area contributed by atoms with Gasteiger partial charge in [0.1, 0.15) is 4.32 Å². The summed E-state index contributed by atoms with van der Waals surface area (Å²) < 4.78 is 0.575. The Bertz CT molecular complexity index is 87.8. The van der Waals surface area contributed by atoms with Crippen molar-refractivity contribution in [1.29, 1.82) is 0 Å². The van der Waals surface area contributed by atoms with E-state index in [1.807, 2.05) is 0 Å². The number of nitrogens with two attached hydrogens (primary N) is 1. The summed E-state index contributed by atoms with van der Waals surface area (Å²) >= 11 is 6.27. The second-order valence-electron chi connectivity index (χ2n) is 1.87. The molecule has 0 aromatic rings. The van der Waals surface area contributed by atoms with Crippen molar-refractivity contribution in [3.63, 3.8) is 0 Å². The maximum absolute atomic E-state index is 5.27. The van der Waals surface area contributed by atoms with Crippen molar-refractivity contribution >= 4 is 55.6 Å². The van der Waals surface area contributed by atoms with Gasteiger partial charge in [-0.25, -0.2) is 0 Å². The van der Waals surface area contributed by atoms with Crippen LogP contribution in [0.5, 0.6) is 0 Å². The van der Waals surface area contributed by atoms with Gasteiger partial charge in [-0.15, -0.1) is 0 Å². The summed E-state index contributed by atoms with van der Waals surface area (Å²) in [5.41, 5.74) is 5.27. The summed E-state index contributed by atoms with van der Waals surface area (Å²) in [4.78, 5) is 0. The minimum absolute atomic E-state index is 0. The van der Waals surface area contributed by atoms with Crippen molar-refractivity contribution in [3.8, 4) is 0 Å². The third-order valence-electron chi connectivity index (χ3n) is 0.992.